The summed E-state index contributed by atoms with van der Waals surface area (Å²) in [6.45, 7) is 1.39. The molecule has 0 aliphatic carbocycles. The number of rotatable bonds is 5. The number of carbonyl (C=O) groups excluding carboxylic acids is 1. The van der Waals surface area contributed by atoms with E-state index in [-0.39, 0.29) is 12.5 Å². The Labute approximate surface area is 120 Å². The third-order valence-electron chi connectivity index (χ3n) is 2.80. The molecule has 1 amide bonds. The van der Waals surface area contributed by atoms with Crippen LogP contribution in [0.2, 0.25) is 0 Å². The van der Waals surface area contributed by atoms with Gasteiger partial charge in [0.05, 0.1) is 11.1 Å². The summed E-state index contributed by atoms with van der Waals surface area (Å²) in [5, 5.41) is 8.74. The zero-order valence-corrected chi connectivity index (χ0v) is 12.3. The van der Waals surface area contributed by atoms with Gasteiger partial charge in [-0.1, -0.05) is 11.8 Å². The van der Waals surface area contributed by atoms with Crippen LogP contribution in [-0.2, 0) is 0 Å². The second kappa shape index (κ2) is 8.31. The minimum Gasteiger partial charge on any atom is -0.384 e. The summed E-state index contributed by atoms with van der Waals surface area (Å²) in [5.41, 5.74) is 1.07. The summed E-state index contributed by atoms with van der Waals surface area (Å²) < 4.78 is 0. The summed E-state index contributed by atoms with van der Waals surface area (Å²) in [5.74, 6) is 5.22. The van der Waals surface area contributed by atoms with Crippen molar-refractivity contribution in [2.45, 2.75) is 6.42 Å². The number of aliphatic hydroxyl groups excluding tert-OH is 1. The van der Waals surface area contributed by atoms with Crippen molar-refractivity contribution in [1.29, 1.82) is 0 Å². The zero-order chi connectivity index (χ0) is 15.0. The van der Waals surface area contributed by atoms with Gasteiger partial charge < -0.3 is 14.9 Å². The first kappa shape index (κ1) is 16.2. The van der Waals surface area contributed by atoms with Crippen LogP contribution in [0.5, 0.6) is 0 Å². The largest absolute Gasteiger partial charge is 0.384 e. The topological polar surface area (TPSA) is 56.7 Å². The maximum absolute atomic E-state index is 12.4. The fourth-order valence-electron chi connectivity index (χ4n) is 1.75. The lowest BCUT2D eigenvalue weighted by atomic mass is 10.1. The number of nitrogens with zero attached hydrogens (tertiary/aromatic N) is 3. The van der Waals surface area contributed by atoms with Crippen molar-refractivity contribution in [2.24, 2.45) is 0 Å². The summed E-state index contributed by atoms with van der Waals surface area (Å²) in [6, 6.07) is 1.66. The van der Waals surface area contributed by atoms with Gasteiger partial charge in [0, 0.05) is 26.0 Å². The van der Waals surface area contributed by atoms with E-state index in [9.17, 15) is 4.79 Å². The van der Waals surface area contributed by atoms with Gasteiger partial charge in [0.15, 0.2) is 0 Å². The predicted molar refractivity (Wildman–Crippen MR) is 78.3 cm³/mol. The second-order valence-electron chi connectivity index (χ2n) is 4.76. The van der Waals surface area contributed by atoms with Crippen LogP contribution in [0.3, 0.4) is 0 Å². The van der Waals surface area contributed by atoms with E-state index in [2.05, 4.69) is 21.7 Å². The third-order valence-corrected chi connectivity index (χ3v) is 2.80. The summed E-state index contributed by atoms with van der Waals surface area (Å²) in [6.07, 6.45) is 4.03. The van der Waals surface area contributed by atoms with E-state index in [1.54, 1.807) is 30.4 Å². The maximum atomic E-state index is 12.4. The van der Waals surface area contributed by atoms with Crippen molar-refractivity contribution in [3.05, 3.63) is 29.6 Å². The number of aliphatic hydroxyl groups is 1. The van der Waals surface area contributed by atoms with Crippen LogP contribution in [0.1, 0.15) is 22.3 Å². The fraction of sp³-hybridized carbons (Fsp3) is 0.467. The highest BCUT2D eigenvalue weighted by Gasteiger charge is 2.14. The average molecular weight is 275 g/mol. The molecule has 0 saturated heterocycles. The van der Waals surface area contributed by atoms with Gasteiger partial charge >= 0.3 is 0 Å². The van der Waals surface area contributed by atoms with Crippen LogP contribution in [0.15, 0.2) is 18.5 Å². The van der Waals surface area contributed by atoms with E-state index < -0.39 is 0 Å². The molecule has 1 heterocycles. The molecule has 0 spiro atoms. The summed E-state index contributed by atoms with van der Waals surface area (Å²) in [7, 11) is 5.79. The molecule has 0 aliphatic heterocycles. The lowest BCUT2D eigenvalue weighted by molar-refractivity contribution is 0.0790. The molecule has 1 aromatic heterocycles. The van der Waals surface area contributed by atoms with Crippen LogP contribution in [0, 0.1) is 11.8 Å². The first-order valence-corrected chi connectivity index (χ1v) is 6.50. The molecule has 1 N–H and O–H groups in total. The summed E-state index contributed by atoms with van der Waals surface area (Å²) in [4.78, 5) is 20.1. The summed E-state index contributed by atoms with van der Waals surface area (Å²) >= 11 is 0. The lowest BCUT2D eigenvalue weighted by Gasteiger charge is -2.19. The van der Waals surface area contributed by atoms with Gasteiger partial charge in [-0.25, -0.2) is 0 Å². The minimum atomic E-state index is -0.235. The van der Waals surface area contributed by atoms with Crippen LogP contribution < -0.4 is 0 Å². The lowest BCUT2D eigenvalue weighted by Crippen LogP contribution is -2.30. The Hall–Kier alpha value is -1.90. The van der Waals surface area contributed by atoms with Crippen molar-refractivity contribution in [3.8, 4) is 11.8 Å². The third kappa shape index (κ3) is 5.00. The molecule has 1 aromatic rings. The number of pyridine rings is 1. The van der Waals surface area contributed by atoms with Gasteiger partial charge in [-0.15, -0.1) is 0 Å². The minimum absolute atomic E-state index is 0.0756. The van der Waals surface area contributed by atoms with Crippen molar-refractivity contribution < 1.29 is 9.90 Å². The Morgan fingerprint density at radius 3 is 2.75 bits per heavy atom. The SMILES string of the molecule is CN(C)CCCN(C)C(=O)c1ccncc1C#CCO. The Morgan fingerprint density at radius 1 is 1.35 bits per heavy atom. The molecule has 0 aliphatic rings. The van der Waals surface area contributed by atoms with Crippen LogP contribution in [-0.4, -0.2) is 66.6 Å². The molecule has 5 heteroatoms. The standard InChI is InChI=1S/C15H21N3O2/c1-17(2)9-5-10-18(3)15(20)14-7-8-16-12-13(14)6-4-11-19/h7-8,12,19H,5,9-11H2,1-3H3. The molecule has 20 heavy (non-hydrogen) atoms. The van der Waals surface area contributed by atoms with Gasteiger partial charge in [-0.2, -0.15) is 0 Å². The van der Waals surface area contributed by atoms with Gasteiger partial charge in [-0.3, -0.25) is 9.78 Å². The highest BCUT2D eigenvalue weighted by molar-refractivity contribution is 5.96. The van der Waals surface area contributed by atoms with Crippen molar-refractivity contribution in [3.63, 3.8) is 0 Å². The monoisotopic (exact) mass is 275 g/mol. The molecule has 1 rings (SSSR count). The molecule has 0 bridgehead atoms. The number of carbonyl (C=O) groups is 1. The van der Waals surface area contributed by atoms with E-state index in [0.29, 0.717) is 17.7 Å². The van der Waals surface area contributed by atoms with Gasteiger partial charge in [0.25, 0.3) is 5.91 Å². The van der Waals surface area contributed by atoms with E-state index in [1.807, 2.05) is 14.1 Å². The molecule has 0 fully saturated rings. The van der Waals surface area contributed by atoms with Crippen molar-refractivity contribution in [1.82, 2.24) is 14.8 Å². The smallest absolute Gasteiger partial charge is 0.254 e. The van der Waals surface area contributed by atoms with E-state index >= 15 is 0 Å². The number of hydrogen-bond donors (Lipinski definition) is 1. The highest BCUT2D eigenvalue weighted by atomic mass is 16.2. The molecule has 0 atom stereocenters. The van der Waals surface area contributed by atoms with Gasteiger partial charge in [0.2, 0.25) is 0 Å². The number of amides is 1. The van der Waals surface area contributed by atoms with E-state index in [0.717, 1.165) is 13.0 Å². The van der Waals surface area contributed by atoms with E-state index in [1.165, 1.54) is 0 Å². The average Bonchev–Trinajstić information content (AvgIpc) is 2.44. The molecular formula is C15H21N3O2. The number of hydrogen-bond acceptors (Lipinski definition) is 4. The Kier molecular flexibility index (Phi) is 6.71. The quantitative estimate of drug-likeness (QED) is 0.793. The highest BCUT2D eigenvalue weighted by Crippen LogP contribution is 2.09. The van der Waals surface area contributed by atoms with Gasteiger partial charge in [0.1, 0.15) is 6.61 Å². The molecule has 5 nitrogen and oxygen atoms in total. The molecule has 0 aromatic carbocycles. The number of aromatic nitrogens is 1. The molecule has 0 radical (unpaired) electrons. The van der Waals surface area contributed by atoms with E-state index in [4.69, 9.17) is 5.11 Å². The van der Waals surface area contributed by atoms with Crippen molar-refractivity contribution in [2.75, 3.05) is 40.8 Å². The normalized spacial score (nSPS) is 10.1. The molecule has 108 valence electrons. The Balaban J connectivity index is 2.76. The predicted octanol–water partition coefficient (Wildman–Crippen LogP) is 0.449. The maximum Gasteiger partial charge on any atom is 0.254 e. The molecular weight excluding hydrogens is 254 g/mol. The first-order chi connectivity index (χ1) is 9.56. The molecule has 0 saturated carbocycles. The Bertz CT molecular complexity index is 503. The van der Waals surface area contributed by atoms with Gasteiger partial charge in [-0.05, 0) is 33.1 Å². The first-order valence-electron chi connectivity index (χ1n) is 6.50. The van der Waals surface area contributed by atoms with Crippen molar-refractivity contribution >= 4 is 5.91 Å². The second-order valence-corrected chi connectivity index (χ2v) is 4.76. The van der Waals surface area contributed by atoms with Crippen LogP contribution in [0.25, 0.3) is 0 Å². The van der Waals surface area contributed by atoms with Crippen LogP contribution >= 0.6 is 0 Å². The molecule has 0 unspecified atom stereocenters. The fourth-order valence-corrected chi connectivity index (χ4v) is 1.75. The Morgan fingerprint density at radius 2 is 2.10 bits per heavy atom. The zero-order valence-electron chi connectivity index (χ0n) is 12.3. The van der Waals surface area contributed by atoms with Crippen LogP contribution in [0.4, 0.5) is 0 Å².